The van der Waals surface area contributed by atoms with E-state index in [0.717, 1.165) is 16.0 Å². The normalized spacial score (nSPS) is 11.8. The number of hydrogen-bond donors (Lipinski definition) is 1. The Bertz CT molecular complexity index is 1150. The van der Waals surface area contributed by atoms with E-state index in [4.69, 9.17) is 0 Å². The van der Waals surface area contributed by atoms with Gasteiger partial charge in [-0.25, -0.2) is 14.1 Å². The van der Waals surface area contributed by atoms with Crippen molar-refractivity contribution in [3.63, 3.8) is 0 Å². The molecule has 1 atom stereocenters. The Kier molecular flexibility index (Phi) is 6.06. The third-order valence-corrected chi connectivity index (χ3v) is 5.40. The summed E-state index contributed by atoms with van der Waals surface area (Å²) in [7, 11) is 3.27. The average molecular weight is 429 g/mol. The summed E-state index contributed by atoms with van der Waals surface area (Å²) < 4.78 is 14.2. The van der Waals surface area contributed by atoms with Crippen molar-refractivity contribution < 1.29 is 14.0 Å². The van der Waals surface area contributed by atoms with Crippen LogP contribution in [0.2, 0.25) is 0 Å². The summed E-state index contributed by atoms with van der Waals surface area (Å²) in [5.74, 6) is -1.09. The topological polar surface area (TPSA) is 97.2 Å². The van der Waals surface area contributed by atoms with Gasteiger partial charge in [-0.3, -0.25) is 14.4 Å². The van der Waals surface area contributed by atoms with Crippen LogP contribution in [0.15, 0.2) is 41.2 Å². The molecule has 2 aromatic heterocycles. The molecule has 2 amide bonds. The number of aromatic nitrogens is 3. The van der Waals surface area contributed by atoms with Crippen molar-refractivity contribution in [1.29, 1.82) is 0 Å². The lowest BCUT2D eigenvalue weighted by Gasteiger charge is -2.14. The summed E-state index contributed by atoms with van der Waals surface area (Å²) >= 11 is 1.06. The molecule has 1 N–H and O–H groups in total. The molecule has 8 nitrogen and oxygen atoms in total. The number of rotatable bonds is 5. The number of benzene rings is 1. The van der Waals surface area contributed by atoms with Gasteiger partial charge >= 0.3 is 0 Å². The van der Waals surface area contributed by atoms with Crippen molar-refractivity contribution in [2.45, 2.75) is 19.9 Å². The Labute approximate surface area is 176 Å². The predicted molar refractivity (Wildman–Crippen MR) is 112 cm³/mol. The first kappa shape index (κ1) is 21.3. The second-order valence-corrected chi connectivity index (χ2v) is 7.81. The van der Waals surface area contributed by atoms with Crippen molar-refractivity contribution in [1.82, 2.24) is 19.7 Å². The van der Waals surface area contributed by atoms with Gasteiger partial charge in [0, 0.05) is 25.7 Å². The monoisotopic (exact) mass is 429 g/mol. The Morgan fingerprint density at radius 1 is 1.17 bits per heavy atom. The van der Waals surface area contributed by atoms with Crippen molar-refractivity contribution in [2.75, 3.05) is 19.4 Å². The molecule has 1 aromatic carbocycles. The number of hydrogen-bond acceptors (Lipinski definition) is 6. The third-order valence-electron chi connectivity index (χ3n) is 4.34. The van der Waals surface area contributed by atoms with E-state index in [0.29, 0.717) is 21.8 Å². The van der Waals surface area contributed by atoms with Gasteiger partial charge in [0.25, 0.3) is 17.4 Å². The number of aryl methyl sites for hydroxylation is 1. The minimum atomic E-state index is -0.935. The van der Waals surface area contributed by atoms with Gasteiger partial charge in [0.15, 0.2) is 5.13 Å². The lowest BCUT2D eigenvalue weighted by molar-refractivity contribution is -0.119. The molecular weight excluding hydrogens is 409 g/mol. The number of carbonyl (C=O) groups is 2. The number of nitrogens with one attached hydrogen (secondary N) is 1. The maximum absolute atomic E-state index is 13.2. The molecule has 0 saturated carbocycles. The lowest BCUT2D eigenvalue weighted by atomic mass is 10.1. The molecule has 10 heteroatoms. The van der Waals surface area contributed by atoms with Gasteiger partial charge in [0.05, 0.1) is 11.4 Å². The van der Waals surface area contributed by atoms with E-state index in [1.807, 2.05) is 0 Å². The third kappa shape index (κ3) is 4.43. The van der Waals surface area contributed by atoms with Gasteiger partial charge in [-0.05, 0) is 44.2 Å². The highest BCUT2D eigenvalue weighted by molar-refractivity contribution is 7.17. The highest BCUT2D eigenvalue weighted by Crippen LogP contribution is 2.24. The zero-order chi connectivity index (χ0) is 22.0. The molecule has 0 aliphatic heterocycles. The Hall–Kier alpha value is -3.40. The van der Waals surface area contributed by atoms with Crippen LogP contribution in [-0.2, 0) is 4.79 Å². The summed E-state index contributed by atoms with van der Waals surface area (Å²) in [6, 6.07) is 7.55. The molecule has 156 valence electrons. The van der Waals surface area contributed by atoms with Gasteiger partial charge < -0.3 is 10.2 Å². The van der Waals surface area contributed by atoms with Crippen LogP contribution < -0.4 is 10.9 Å². The number of amides is 2. The number of anilines is 1. The quantitative estimate of drug-likeness (QED) is 0.673. The first-order chi connectivity index (χ1) is 14.2. The molecule has 1 unspecified atom stereocenters. The average Bonchev–Trinajstić information content (AvgIpc) is 3.07. The van der Waals surface area contributed by atoms with Crippen LogP contribution in [0.4, 0.5) is 9.52 Å². The van der Waals surface area contributed by atoms with Crippen LogP contribution >= 0.6 is 11.3 Å². The van der Waals surface area contributed by atoms with Crippen molar-refractivity contribution in [3.8, 4) is 11.3 Å². The second kappa shape index (κ2) is 8.54. The number of thiazole rings is 1. The summed E-state index contributed by atoms with van der Waals surface area (Å²) in [6.45, 7) is 3.22. The molecule has 0 bridgehead atoms. The minimum Gasteiger partial charge on any atom is -0.344 e. The van der Waals surface area contributed by atoms with Crippen LogP contribution in [0.25, 0.3) is 11.3 Å². The molecule has 0 radical (unpaired) electrons. The van der Waals surface area contributed by atoms with Crippen molar-refractivity contribution in [3.05, 3.63) is 63.1 Å². The molecule has 0 aliphatic rings. The second-order valence-electron chi connectivity index (χ2n) is 6.81. The first-order valence-electron chi connectivity index (χ1n) is 9.03. The Balaban J connectivity index is 1.83. The van der Waals surface area contributed by atoms with Crippen molar-refractivity contribution >= 4 is 28.3 Å². The van der Waals surface area contributed by atoms with Gasteiger partial charge in [-0.2, -0.15) is 5.10 Å². The molecule has 0 fully saturated rings. The number of halogens is 1. The summed E-state index contributed by atoms with van der Waals surface area (Å²) in [6.07, 6.45) is 0. The maximum atomic E-state index is 13.2. The van der Waals surface area contributed by atoms with E-state index in [-0.39, 0.29) is 16.9 Å². The fourth-order valence-electron chi connectivity index (χ4n) is 2.65. The van der Waals surface area contributed by atoms with Crippen LogP contribution in [-0.4, -0.2) is 45.6 Å². The molecule has 30 heavy (non-hydrogen) atoms. The van der Waals surface area contributed by atoms with Gasteiger partial charge in [-0.1, -0.05) is 11.3 Å². The Morgan fingerprint density at radius 2 is 1.83 bits per heavy atom. The molecule has 2 heterocycles. The molecule has 0 spiro atoms. The minimum absolute atomic E-state index is 0.205. The van der Waals surface area contributed by atoms with E-state index >= 15 is 0 Å². The summed E-state index contributed by atoms with van der Waals surface area (Å²) in [5.41, 5.74) is 1.09. The maximum Gasteiger partial charge on any atom is 0.267 e. The van der Waals surface area contributed by atoms with E-state index in [1.165, 1.54) is 36.1 Å². The molecule has 3 rings (SSSR count). The zero-order valence-corrected chi connectivity index (χ0v) is 17.7. The zero-order valence-electron chi connectivity index (χ0n) is 16.8. The van der Waals surface area contributed by atoms with E-state index in [1.54, 1.807) is 33.2 Å². The van der Waals surface area contributed by atoms with E-state index in [2.05, 4.69) is 15.4 Å². The molecule has 0 saturated heterocycles. The highest BCUT2D eigenvalue weighted by atomic mass is 32.1. The van der Waals surface area contributed by atoms with Gasteiger partial charge in [0.2, 0.25) is 0 Å². The van der Waals surface area contributed by atoms with Crippen molar-refractivity contribution in [2.24, 2.45) is 0 Å². The first-order valence-corrected chi connectivity index (χ1v) is 9.84. The van der Waals surface area contributed by atoms with E-state index in [9.17, 15) is 18.8 Å². The Morgan fingerprint density at radius 3 is 2.47 bits per heavy atom. The lowest BCUT2D eigenvalue weighted by Crippen LogP contribution is -2.33. The van der Waals surface area contributed by atoms with Crippen LogP contribution in [0, 0.1) is 12.7 Å². The summed E-state index contributed by atoms with van der Waals surface area (Å²) in [4.78, 5) is 43.2. The molecule has 0 aliphatic carbocycles. The van der Waals surface area contributed by atoms with Gasteiger partial charge in [-0.15, -0.1) is 0 Å². The molecular formula is C20H20FN5O3S. The largest absolute Gasteiger partial charge is 0.344 e. The number of carbonyl (C=O) groups excluding carboxylic acids is 2. The van der Waals surface area contributed by atoms with Crippen LogP contribution in [0.5, 0.6) is 0 Å². The number of nitrogens with zero attached hydrogens (tertiary/aromatic N) is 4. The summed E-state index contributed by atoms with van der Waals surface area (Å²) in [5, 5.41) is 7.15. The van der Waals surface area contributed by atoms with Gasteiger partial charge in [0.1, 0.15) is 16.7 Å². The highest BCUT2D eigenvalue weighted by Gasteiger charge is 2.22. The molecule has 3 aromatic rings. The van der Waals surface area contributed by atoms with Crippen LogP contribution in [0.3, 0.4) is 0 Å². The SMILES string of the molecule is Cc1nc(NC(=O)C(C)n2nc(-c3ccc(F)cc3)ccc2=O)sc1C(=O)N(C)C. The fourth-order valence-corrected chi connectivity index (χ4v) is 3.64. The van der Waals surface area contributed by atoms with E-state index < -0.39 is 17.5 Å². The standard InChI is InChI=1S/C20H20FN5O3S/c1-11-17(19(29)25(3)4)30-20(22-11)23-18(28)12(2)26-16(27)10-9-15(24-26)13-5-7-14(21)8-6-13/h5-10,12H,1-4H3,(H,22,23,28). The fraction of sp³-hybridized carbons (Fsp3) is 0.250. The van der Waals surface area contributed by atoms with Crippen LogP contribution in [0.1, 0.15) is 28.3 Å². The predicted octanol–water partition coefficient (Wildman–Crippen LogP) is 2.72. The smallest absolute Gasteiger partial charge is 0.267 e.